The molecule has 0 heterocycles. The van der Waals surface area contributed by atoms with Crippen molar-refractivity contribution < 1.29 is 4.84 Å². The Hall–Kier alpha value is -0.520. The zero-order valence-corrected chi connectivity index (χ0v) is 5.81. The fourth-order valence-electron chi connectivity index (χ4n) is 0.381. The van der Waals surface area contributed by atoms with Gasteiger partial charge in [-0.05, 0) is 6.42 Å². The first-order valence-corrected chi connectivity index (χ1v) is 3.20. The number of hydroxylamine groups is 1. The van der Waals surface area contributed by atoms with Crippen LogP contribution in [-0.2, 0) is 4.84 Å². The molecule has 0 aliphatic heterocycles. The molecule has 0 spiro atoms. The average molecular weight is 127 g/mol. The van der Waals surface area contributed by atoms with Crippen LogP contribution in [0.3, 0.4) is 0 Å². The first-order chi connectivity index (χ1) is 4.41. The third-order valence-corrected chi connectivity index (χ3v) is 0.876. The molecule has 0 aromatic carbocycles. The summed E-state index contributed by atoms with van der Waals surface area (Å²) >= 11 is 0. The highest BCUT2D eigenvalue weighted by molar-refractivity contribution is 4.84. The zero-order valence-electron chi connectivity index (χ0n) is 5.81. The van der Waals surface area contributed by atoms with Crippen LogP contribution >= 0.6 is 0 Å². The van der Waals surface area contributed by atoms with E-state index in [9.17, 15) is 0 Å². The molecule has 0 rings (SSSR count). The molecule has 0 aliphatic rings. The minimum Gasteiger partial charge on any atom is -0.301 e. The SMILES string of the molecule is C#CCNOCCCC. The molecule has 0 aromatic heterocycles. The molecule has 9 heavy (non-hydrogen) atoms. The standard InChI is InChI=1S/C7H13NO/c1-3-5-7-9-8-6-4-2/h2,8H,3,5-7H2,1H3. The van der Waals surface area contributed by atoms with Gasteiger partial charge in [0.1, 0.15) is 0 Å². The molecule has 0 fully saturated rings. The van der Waals surface area contributed by atoms with Crippen LogP contribution in [0, 0.1) is 12.3 Å². The van der Waals surface area contributed by atoms with E-state index in [4.69, 9.17) is 11.3 Å². The van der Waals surface area contributed by atoms with Crippen molar-refractivity contribution in [3.05, 3.63) is 0 Å². The molecule has 2 heteroatoms. The number of rotatable bonds is 5. The monoisotopic (exact) mass is 127 g/mol. The van der Waals surface area contributed by atoms with Crippen molar-refractivity contribution in [1.29, 1.82) is 0 Å². The zero-order chi connectivity index (χ0) is 6.95. The summed E-state index contributed by atoms with van der Waals surface area (Å²) in [5.41, 5.74) is 2.63. The number of terminal acetylenes is 1. The summed E-state index contributed by atoms with van der Waals surface area (Å²) in [6.07, 6.45) is 7.18. The lowest BCUT2D eigenvalue weighted by atomic mass is 10.4. The highest BCUT2D eigenvalue weighted by atomic mass is 16.6. The summed E-state index contributed by atoms with van der Waals surface area (Å²) in [7, 11) is 0. The minimum absolute atomic E-state index is 0.490. The number of unbranched alkanes of at least 4 members (excludes halogenated alkanes) is 1. The van der Waals surface area contributed by atoms with E-state index in [0.29, 0.717) is 6.54 Å². The van der Waals surface area contributed by atoms with Gasteiger partial charge in [-0.25, -0.2) is 0 Å². The maximum Gasteiger partial charge on any atom is 0.0818 e. The molecule has 52 valence electrons. The van der Waals surface area contributed by atoms with Gasteiger partial charge >= 0.3 is 0 Å². The Morgan fingerprint density at radius 3 is 3.00 bits per heavy atom. The summed E-state index contributed by atoms with van der Waals surface area (Å²) in [4.78, 5) is 4.92. The Kier molecular flexibility index (Phi) is 7.05. The Bertz CT molecular complexity index is 85.4. The number of hydrogen-bond donors (Lipinski definition) is 1. The number of nitrogens with one attached hydrogen (secondary N) is 1. The third kappa shape index (κ3) is 7.48. The number of hydrogen-bond acceptors (Lipinski definition) is 2. The highest BCUT2D eigenvalue weighted by Crippen LogP contribution is 1.83. The molecule has 0 unspecified atom stereocenters. The molecule has 0 aromatic rings. The fourth-order valence-corrected chi connectivity index (χ4v) is 0.381. The van der Waals surface area contributed by atoms with Crippen molar-refractivity contribution in [2.75, 3.05) is 13.2 Å². The van der Waals surface area contributed by atoms with E-state index in [2.05, 4.69) is 18.3 Å². The van der Waals surface area contributed by atoms with Crippen LogP contribution in [-0.4, -0.2) is 13.2 Å². The largest absolute Gasteiger partial charge is 0.301 e. The van der Waals surface area contributed by atoms with Gasteiger partial charge in [-0.2, -0.15) is 5.48 Å². The second-order valence-electron chi connectivity index (χ2n) is 1.73. The lowest BCUT2D eigenvalue weighted by molar-refractivity contribution is 0.0478. The summed E-state index contributed by atoms with van der Waals surface area (Å²) in [6.45, 7) is 3.35. The van der Waals surface area contributed by atoms with Gasteiger partial charge in [-0.15, -0.1) is 6.42 Å². The van der Waals surface area contributed by atoms with Crippen molar-refractivity contribution in [2.24, 2.45) is 0 Å². The Morgan fingerprint density at radius 1 is 1.67 bits per heavy atom. The summed E-state index contributed by atoms with van der Waals surface area (Å²) < 4.78 is 0. The lowest BCUT2D eigenvalue weighted by Crippen LogP contribution is -2.14. The van der Waals surface area contributed by atoms with Crippen LogP contribution in [0.1, 0.15) is 19.8 Å². The maximum atomic E-state index is 4.95. The second kappa shape index (κ2) is 7.48. The quantitative estimate of drug-likeness (QED) is 0.337. The van der Waals surface area contributed by atoms with Crippen LogP contribution in [0.2, 0.25) is 0 Å². The van der Waals surface area contributed by atoms with Gasteiger partial charge in [-0.3, -0.25) is 0 Å². The van der Waals surface area contributed by atoms with Crippen LogP contribution in [0.15, 0.2) is 0 Å². The van der Waals surface area contributed by atoms with Crippen molar-refractivity contribution in [2.45, 2.75) is 19.8 Å². The van der Waals surface area contributed by atoms with E-state index in [1.165, 1.54) is 0 Å². The maximum absolute atomic E-state index is 4.95. The molecular weight excluding hydrogens is 114 g/mol. The molecular formula is C7H13NO. The molecule has 0 bridgehead atoms. The van der Waals surface area contributed by atoms with Crippen molar-refractivity contribution >= 4 is 0 Å². The molecule has 2 nitrogen and oxygen atoms in total. The summed E-state index contributed by atoms with van der Waals surface area (Å²) in [5, 5.41) is 0. The second-order valence-corrected chi connectivity index (χ2v) is 1.73. The molecule has 0 amide bonds. The molecule has 1 N–H and O–H groups in total. The Labute approximate surface area is 56.5 Å². The van der Waals surface area contributed by atoms with Crippen molar-refractivity contribution in [3.63, 3.8) is 0 Å². The predicted octanol–water partition coefficient (Wildman–Crippen LogP) is 0.941. The van der Waals surface area contributed by atoms with E-state index in [1.54, 1.807) is 0 Å². The van der Waals surface area contributed by atoms with Gasteiger partial charge in [0.2, 0.25) is 0 Å². The van der Waals surface area contributed by atoms with Crippen molar-refractivity contribution in [3.8, 4) is 12.3 Å². The lowest BCUT2D eigenvalue weighted by Gasteiger charge is -1.99. The van der Waals surface area contributed by atoms with Crippen LogP contribution in [0.4, 0.5) is 0 Å². The summed E-state index contributed by atoms with van der Waals surface area (Å²) in [5.74, 6) is 2.41. The smallest absolute Gasteiger partial charge is 0.0818 e. The topological polar surface area (TPSA) is 21.3 Å². The third-order valence-electron chi connectivity index (χ3n) is 0.876. The van der Waals surface area contributed by atoms with E-state index >= 15 is 0 Å². The first kappa shape index (κ1) is 8.48. The molecule has 0 aliphatic carbocycles. The average Bonchev–Trinajstić information content (AvgIpc) is 1.89. The Balaban J connectivity index is 2.69. The molecule has 0 saturated heterocycles. The van der Waals surface area contributed by atoms with Gasteiger partial charge in [0.05, 0.1) is 13.2 Å². The van der Waals surface area contributed by atoms with Gasteiger partial charge in [0, 0.05) is 0 Å². The Morgan fingerprint density at radius 2 is 2.44 bits per heavy atom. The van der Waals surface area contributed by atoms with Crippen LogP contribution in [0.25, 0.3) is 0 Å². The first-order valence-electron chi connectivity index (χ1n) is 3.20. The predicted molar refractivity (Wildman–Crippen MR) is 37.7 cm³/mol. The van der Waals surface area contributed by atoms with E-state index in [1.807, 2.05) is 0 Å². The van der Waals surface area contributed by atoms with Crippen LogP contribution < -0.4 is 5.48 Å². The van der Waals surface area contributed by atoms with Gasteiger partial charge in [-0.1, -0.05) is 19.3 Å². The van der Waals surface area contributed by atoms with E-state index in [-0.39, 0.29) is 0 Å². The van der Waals surface area contributed by atoms with Gasteiger partial charge in [0.15, 0.2) is 0 Å². The molecule has 0 saturated carbocycles. The fraction of sp³-hybridized carbons (Fsp3) is 0.714. The van der Waals surface area contributed by atoms with Crippen molar-refractivity contribution in [1.82, 2.24) is 5.48 Å². The van der Waals surface area contributed by atoms with E-state index < -0.39 is 0 Å². The molecule has 0 atom stereocenters. The molecule has 0 radical (unpaired) electrons. The van der Waals surface area contributed by atoms with Crippen LogP contribution in [0.5, 0.6) is 0 Å². The van der Waals surface area contributed by atoms with Gasteiger partial charge < -0.3 is 4.84 Å². The summed E-state index contributed by atoms with van der Waals surface area (Å²) in [6, 6.07) is 0. The van der Waals surface area contributed by atoms with E-state index in [0.717, 1.165) is 19.4 Å². The minimum atomic E-state index is 0.490. The normalized spacial score (nSPS) is 8.89. The highest BCUT2D eigenvalue weighted by Gasteiger charge is 1.81. The van der Waals surface area contributed by atoms with Gasteiger partial charge in [0.25, 0.3) is 0 Å².